The predicted molar refractivity (Wildman–Crippen MR) is 22.1 cm³/mol. The van der Waals surface area contributed by atoms with E-state index in [1.165, 1.54) is 0 Å². The molecule has 0 rings (SSSR count). The summed E-state index contributed by atoms with van der Waals surface area (Å²) >= 11 is 0. The molecule has 30 valence electrons. The zero-order valence-electron chi connectivity index (χ0n) is 5.12. The van der Waals surface area contributed by atoms with Crippen molar-refractivity contribution in [2.24, 2.45) is 0 Å². The average Bonchev–Trinajstić information content (AvgIpc) is 0.918. The van der Waals surface area contributed by atoms with Gasteiger partial charge in [0.1, 0.15) is 0 Å². The van der Waals surface area contributed by atoms with Gasteiger partial charge in [0.15, 0.2) is 0 Å². The second kappa shape index (κ2) is 41.1. The third-order valence-corrected chi connectivity index (χ3v) is 0. The molecular weight excluding hydrogens is 401 g/mol. The van der Waals surface area contributed by atoms with Gasteiger partial charge in [-0.3, -0.25) is 0 Å². The van der Waals surface area contributed by atoms with Crippen LogP contribution < -0.4 is 58.2 Å². The SMILES string of the molecule is [CH2-]CC.[CH3-].[Rb+].[Rf]. The Morgan fingerprint density at radius 3 is 1.50 bits per heavy atom. The van der Waals surface area contributed by atoms with Crippen molar-refractivity contribution in [2.75, 3.05) is 0 Å². The third-order valence-electron chi connectivity index (χ3n) is 0. The smallest absolute Gasteiger partial charge is 0.358 e. The van der Waals surface area contributed by atoms with Crippen LogP contribution in [0.1, 0.15) is 13.3 Å². The van der Waals surface area contributed by atoms with Gasteiger partial charge in [0, 0.05) is 0 Å². The first-order chi connectivity index (χ1) is 1.41. The third kappa shape index (κ3) is 107. The maximum Gasteiger partial charge on any atom is 1.00 e. The minimum atomic E-state index is 0. The van der Waals surface area contributed by atoms with Crippen molar-refractivity contribution in [1.29, 1.82) is 0 Å². The summed E-state index contributed by atoms with van der Waals surface area (Å²) in [5.41, 5.74) is 0. The van der Waals surface area contributed by atoms with Crippen molar-refractivity contribution in [3.63, 3.8) is 0 Å². The van der Waals surface area contributed by atoms with Crippen LogP contribution in [-0.2, 0) is 0 Å². The average molecular weight is 411 g/mol. The van der Waals surface area contributed by atoms with Gasteiger partial charge >= 0.3 is 58.2 Å². The monoisotopic (exact) mass is 410 g/mol. The van der Waals surface area contributed by atoms with E-state index in [9.17, 15) is 0 Å². The largest absolute Gasteiger partial charge is 1.00 e. The molecule has 2 heteroatoms. The van der Waals surface area contributed by atoms with Gasteiger partial charge in [-0.05, 0) is 0 Å². The Balaban J connectivity index is -0.00000000667. The second-order valence-electron chi connectivity index (χ2n) is 0.500. The Hall–Kier alpha value is 0.805. The van der Waals surface area contributed by atoms with Gasteiger partial charge in [0.25, 0.3) is 0 Å². The van der Waals surface area contributed by atoms with Crippen molar-refractivity contribution in [1.82, 2.24) is 0 Å². The van der Waals surface area contributed by atoms with E-state index in [-0.39, 0.29) is 65.6 Å². The topological polar surface area (TPSA) is 0 Å². The fourth-order valence-corrected chi connectivity index (χ4v) is 0. The molecule has 0 nitrogen and oxygen atoms in total. The van der Waals surface area contributed by atoms with Crippen LogP contribution in [0.3, 0.4) is 0 Å². The fourth-order valence-electron chi connectivity index (χ4n) is 0. The van der Waals surface area contributed by atoms with Crippen LogP contribution in [0.4, 0.5) is 0 Å². The summed E-state index contributed by atoms with van der Waals surface area (Å²) in [7, 11) is 0. The molecule has 0 aliphatic heterocycles. The Morgan fingerprint density at radius 1 is 1.50 bits per heavy atom. The molecule has 0 aromatic carbocycles. The predicted octanol–water partition coefficient (Wildman–Crippen LogP) is -1.32. The summed E-state index contributed by atoms with van der Waals surface area (Å²) in [6, 6.07) is 0. The molecule has 0 N–H and O–H groups in total. The van der Waals surface area contributed by atoms with Gasteiger partial charge in [-0.2, -0.15) is 6.42 Å². The van der Waals surface area contributed by atoms with E-state index in [0.29, 0.717) is 0 Å². The van der Waals surface area contributed by atoms with E-state index >= 15 is 0 Å². The molecule has 0 bridgehead atoms. The zero-order valence-corrected chi connectivity index (χ0v) is 16.4. The van der Waals surface area contributed by atoms with E-state index < -0.39 is 0 Å². The van der Waals surface area contributed by atoms with E-state index in [1.54, 1.807) is 0 Å². The maximum atomic E-state index is 3.49. The van der Waals surface area contributed by atoms with Crippen LogP contribution >= 0.6 is 0 Å². The van der Waals surface area contributed by atoms with E-state index in [1.807, 2.05) is 6.92 Å². The van der Waals surface area contributed by atoms with Crippen molar-refractivity contribution in [3.8, 4) is 0 Å². The Kier molecular flexibility index (Phi) is 200. The van der Waals surface area contributed by atoms with Gasteiger partial charge in [0.2, 0.25) is 0 Å². The van der Waals surface area contributed by atoms with Gasteiger partial charge < -0.3 is 14.4 Å². The Morgan fingerprint density at radius 2 is 1.50 bits per heavy atom. The van der Waals surface area contributed by atoms with Crippen molar-refractivity contribution in [3.05, 3.63) is 14.4 Å². The minimum absolute atomic E-state index is 0. The number of hydrogen-bond acceptors (Lipinski definition) is 0. The first-order valence-corrected chi connectivity index (χ1v) is 1.21. The van der Waals surface area contributed by atoms with Gasteiger partial charge in [-0.1, -0.05) is 6.92 Å². The Bertz CT molecular complexity index is 7.51. The molecule has 0 unspecified atom stereocenters. The second-order valence-corrected chi connectivity index (χ2v) is 0.500. The standard InChI is InChI=1S/C3H7.CH3.Rb.Rf/c1-3-2;;;/h1,3H2,2H3;1H3;;/q2*-1;+1;. The van der Waals surface area contributed by atoms with Crippen molar-refractivity contribution in [2.45, 2.75) is 13.3 Å². The molecule has 6 heavy (non-hydrogen) atoms. The summed E-state index contributed by atoms with van der Waals surface area (Å²) < 4.78 is 0. The Labute approximate surface area is 84.1 Å². The van der Waals surface area contributed by atoms with Gasteiger partial charge in [-0.15, -0.1) is 0 Å². The molecule has 0 amide bonds. The first-order valence-electron chi connectivity index (χ1n) is 1.21. The molecule has 0 saturated heterocycles. The molecular formula is C4H10RbRf-. The van der Waals surface area contributed by atoms with E-state index in [2.05, 4.69) is 6.92 Å². The van der Waals surface area contributed by atoms with Crippen LogP contribution in [0.2, 0.25) is 0 Å². The number of hydrogen-bond donors (Lipinski definition) is 0. The zero-order chi connectivity index (χ0) is 2.71. The van der Waals surface area contributed by atoms with Crippen LogP contribution in [0.15, 0.2) is 0 Å². The fraction of sp³-hybridized carbons (Fsp3) is 0.500. The molecule has 0 aliphatic carbocycles. The molecule has 0 aromatic rings. The molecule has 0 aromatic heterocycles. The van der Waals surface area contributed by atoms with Crippen molar-refractivity contribution >= 4 is 0 Å². The van der Waals surface area contributed by atoms with Gasteiger partial charge in [0.05, 0.1) is 0 Å². The molecule has 0 spiro atoms. The summed E-state index contributed by atoms with van der Waals surface area (Å²) in [4.78, 5) is 0. The molecule has 0 heterocycles. The van der Waals surface area contributed by atoms with E-state index in [0.717, 1.165) is 6.42 Å². The molecule has 0 radical (unpaired) electrons. The summed E-state index contributed by atoms with van der Waals surface area (Å²) in [6.07, 6.45) is 1.00. The summed E-state index contributed by atoms with van der Waals surface area (Å²) in [5, 5.41) is 0. The molecule has 0 atom stereocenters. The van der Waals surface area contributed by atoms with Crippen molar-refractivity contribution < 1.29 is 58.2 Å². The molecule has 0 saturated carbocycles. The molecule has 0 aliphatic rings. The van der Waals surface area contributed by atoms with E-state index in [4.69, 9.17) is 0 Å². The minimum Gasteiger partial charge on any atom is -0.358 e. The van der Waals surface area contributed by atoms with Crippen LogP contribution in [0, 0.1) is 14.4 Å². The summed E-state index contributed by atoms with van der Waals surface area (Å²) in [5.74, 6) is 0. The van der Waals surface area contributed by atoms with Crippen LogP contribution in [0.5, 0.6) is 0 Å². The summed E-state index contributed by atoms with van der Waals surface area (Å²) in [6.45, 7) is 5.50. The van der Waals surface area contributed by atoms with Gasteiger partial charge in [-0.25, -0.2) is 0 Å². The normalized spacial score (nSPS) is 3.00. The quantitative estimate of drug-likeness (QED) is 0.435. The molecule has 0 fully saturated rings. The number of rotatable bonds is 0. The maximum absolute atomic E-state index is 3.49. The van der Waals surface area contributed by atoms with Crippen LogP contribution in [0.25, 0.3) is 0 Å². The van der Waals surface area contributed by atoms with Crippen LogP contribution in [-0.4, -0.2) is 0 Å². The first kappa shape index (κ1) is 29.1.